The number of sulfone groups is 1. The lowest BCUT2D eigenvalue weighted by Crippen LogP contribution is -2.59. The van der Waals surface area contributed by atoms with E-state index < -0.39 is 15.9 Å². The Hall–Kier alpha value is -1.11. The number of hydrogen-bond acceptors (Lipinski definition) is 5. The lowest BCUT2D eigenvalue weighted by atomic mass is 9.92. The average Bonchev–Trinajstić information content (AvgIpc) is 2.10. The van der Waals surface area contributed by atoms with Gasteiger partial charge >= 0.3 is 12.6 Å². The molecule has 0 radical (unpaired) electrons. The zero-order valence-corrected chi connectivity index (χ0v) is 9.36. The highest BCUT2D eigenvalue weighted by atomic mass is 32.2. The first-order valence-corrected chi connectivity index (χ1v) is 6.50. The molecule has 0 unspecified atom stereocenters. The maximum atomic E-state index is 11.1. The van der Waals surface area contributed by atoms with Crippen molar-refractivity contribution < 1.29 is 22.7 Å². The lowest BCUT2D eigenvalue weighted by Gasteiger charge is -2.44. The molecule has 0 aromatic rings. The standard InChI is InChI=1S/C8H13NO5S/c1-6-7(4-15(2,12)13)3-9(6)8(11)14-5-10/h5-7H,3-4H2,1-2H3/t6-,7-/m0/s1. The molecule has 1 aliphatic rings. The van der Waals surface area contributed by atoms with Gasteiger partial charge in [-0.3, -0.25) is 4.79 Å². The summed E-state index contributed by atoms with van der Waals surface area (Å²) in [5, 5.41) is 0. The van der Waals surface area contributed by atoms with E-state index in [1.54, 1.807) is 6.92 Å². The normalized spacial score (nSPS) is 25.6. The van der Waals surface area contributed by atoms with Crippen LogP contribution in [0.5, 0.6) is 0 Å². The molecule has 1 rings (SSSR count). The summed E-state index contributed by atoms with van der Waals surface area (Å²) in [5.74, 6) is -0.0156. The maximum absolute atomic E-state index is 11.1. The van der Waals surface area contributed by atoms with Crippen LogP contribution >= 0.6 is 0 Å². The van der Waals surface area contributed by atoms with Crippen LogP contribution in [-0.4, -0.2) is 50.5 Å². The minimum Gasteiger partial charge on any atom is -0.379 e. The van der Waals surface area contributed by atoms with Crippen molar-refractivity contribution in [3.8, 4) is 0 Å². The van der Waals surface area contributed by atoms with Crippen molar-refractivity contribution in [3.63, 3.8) is 0 Å². The molecular weight excluding hydrogens is 222 g/mol. The van der Waals surface area contributed by atoms with Gasteiger partial charge in [0.15, 0.2) is 0 Å². The second kappa shape index (κ2) is 4.18. The molecule has 0 aliphatic carbocycles. The molecule has 1 fully saturated rings. The SMILES string of the molecule is C[C@H]1[C@H](CS(C)(=O)=O)CN1C(=O)OC=O. The Morgan fingerprint density at radius 2 is 2.20 bits per heavy atom. The van der Waals surface area contributed by atoms with Gasteiger partial charge in [0.25, 0.3) is 0 Å². The van der Waals surface area contributed by atoms with Crippen LogP contribution in [-0.2, 0) is 19.4 Å². The summed E-state index contributed by atoms with van der Waals surface area (Å²) in [5.41, 5.74) is 0. The molecule has 0 spiro atoms. The van der Waals surface area contributed by atoms with Crippen LogP contribution < -0.4 is 0 Å². The molecule has 1 amide bonds. The number of nitrogens with zero attached hydrogens (tertiary/aromatic N) is 1. The number of carbonyl (C=O) groups excluding carboxylic acids is 2. The Morgan fingerprint density at radius 3 is 2.60 bits per heavy atom. The predicted octanol–water partition coefficient (Wildman–Crippen LogP) is -0.356. The smallest absolute Gasteiger partial charge is 0.379 e. The highest BCUT2D eigenvalue weighted by Gasteiger charge is 2.41. The van der Waals surface area contributed by atoms with Gasteiger partial charge in [-0.2, -0.15) is 0 Å². The second-order valence-electron chi connectivity index (χ2n) is 3.73. The highest BCUT2D eigenvalue weighted by molar-refractivity contribution is 7.90. The van der Waals surface area contributed by atoms with Gasteiger partial charge in [0, 0.05) is 24.8 Å². The van der Waals surface area contributed by atoms with Gasteiger partial charge in [-0.1, -0.05) is 0 Å². The summed E-state index contributed by atoms with van der Waals surface area (Å²) < 4.78 is 26.1. The van der Waals surface area contributed by atoms with E-state index >= 15 is 0 Å². The largest absolute Gasteiger partial charge is 0.417 e. The number of ether oxygens (including phenoxy) is 1. The third kappa shape index (κ3) is 2.92. The monoisotopic (exact) mass is 235 g/mol. The molecule has 6 nitrogen and oxygen atoms in total. The molecule has 1 aliphatic heterocycles. The van der Waals surface area contributed by atoms with Crippen LogP contribution in [0, 0.1) is 5.92 Å². The van der Waals surface area contributed by atoms with Crippen molar-refractivity contribution in [1.82, 2.24) is 4.90 Å². The number of rotatable bonds is 3. The first-order valence-electron chi connectivity index (χ1n) is 4.44. The van der Waals surface area contributed by atoms with Gasteiger partial charge in [-0.05, 0) is 6.92 Å². The summed E-state index contributed by atoms with van der Waals surface area (Å²) >= 11 is 0. The van der Waals surface area contributed by atoms with Crippen LogP contribution in [0.4, 0.5) is 4.79 Å². The Kier molecular flexibility index (Phi) is 3.33. The molecule has 7 heteroatoms. The van der Waals surface area contributed by atoms with Crippen molar-refractivity contribution in [2.45, 2.75) is 13.0 Å². The molecule has 86 valence electrons. The van der Waals surface area contributed by atoms with Gasteiger partial charge in [-0.25, -0.2) is 13.2 Å². The molecule has 15 heavy (non-hydrogen) atoms. The minimum absolute atomic E-state index is 0.0546. The van der Waals surface area contributed by atoms with Crippen molar-refractivity contribution in [3.05, 3.63) is 0 Å². The van der Waals surface area contributed by atoms with Crippen molar-refractivity contribution in [2.24, 2.45) is 5.92 Å². The summed E-state index contributed by atoms with van der Waals surface area (Å²) in [6, 6.07) is -0.202. The fraction of sp³-hybridized carbons (Fsp3) is 0.750. The van der Waals surface area contributed by atoms with E-state index in [1.807, 2.05) is 0 Å². The molecular formula is C8H13NO5S. The van der Waals surface area contributed by atoms with Crippen LogP contribution in [0.25, 0.3) is 0 Å². The minimum atomic E-state index is -3.03. The van der Waals surface area contributed by atoms with Crippen molar-refractivity contribution >= 4 is 22.4 Å². The number of likely N-dealkylation sites (tertiary alicyclic amines) is 1. The van der Waals surface area contributed by atoms with Gasteiger partial charge in [0.1, 0.15) is 9.84 Å². The van der Waals surface area contributed by atoms with Crippen molar-refractivity contribution in [1.29, 1.82) is 0 Å². The van der Waals surface area contributed by atoms with Gasteiger partial charge in [0.2, 0.25) is 0 Å². The molecule has 0 aromatic carbocycles. The molecule has 0 N–H and O–H groups in total. The van der Waals surface area contributed by atoms with E-state index in [1.165, 1.54) is 4.90 Å². The molecule has 1 heterocycles. The van der Waals surface area contributed by atoms with E-state index in [4.69, 9.17) is 0 Å². The number of carbonyl (C=O) groups is 2. The molecule has 1 saturated heterocycles. The van der Waals surface area contributed by atoms with Crippen LogP contribution in [0.3, 0.4) is 0 Å². The Labute approximate surface area is 88.1 Å². The topological polar surface area (TPSA) is 80.8 Å². The van der Waals surface area contributed by atoms with Gasteiger partial charge in [0.05, 0.1) is 5.75 Å². The van der Waals surface area contributed by atoms with Gasteiger partial charge in [-0.15, -0.1) is 0 Å². The van der Waals surface area contributed by atoms with E-state index in [2.05, 4.69) is 4.74 Å². The van der Waals surface area contributed by atoms with Crippen LogP contribution in [0.2, 0.25) is 0 Å². The maximum Gasteiger partial charge on any atom is 0.417 e. The van der Waals surface area contributed by atoms with E-state index in [9.17, 15) is 18.0 Å². The zero-order chi connectivity index (χ0) is 11.6. The third-order valence-corrected chi connectivity index (χ3v) is 3.54. The Bertz CT molecular complexity index is 363. The predicted molar refractivity (Wildman–Crippen MR) is 51.9 cm³/mol. The summed E-state index contributed by atoms with van der Waals surface area (Å²) in [6.07, 6.45) is 0.439. The number of hydrogen-bond donors (Lipinski definition) is 0. The molecule has 0 aromatic heterocycles. The van der Waals surface area contributed by atoms with E-state index in [-0.39, 0.29) is 24.2 Å². The molecule has 2 atom stereocenters. The average molecular weight is 235 g/mol. The first kappa shape index (κ1) is 12.0. The quantitative estimate of drug-likeness (QED) is 0.493. The van der Waals surface area contributed by atoms with Crippen molar-refractivity contribution in [2.75, 3.05) is 18.6 Å². The third-order valence-electron chi connectivity index (χ3n) is 2.51. The van der Waals surface area contributed by atoms with E-state index in [0.717, 1.165) is 6.26 Å². The first-order chi connectivity index (χ1) is 6.85. The van der Waals surface area contributed by atoms with Gasteiger partial charge < -0.3 is 9.64 Å². The fourth-order valence-corrected chi connectivity index (χ4v) is 2.78. The number of amides is 1. The Morgan fingerprint density at radius 1 is 1.60 bits per heavy atom. The van der Waals surface area contributed by atoms with Crippen LogP contribution in [0.15, 0.2) is 0 Å². The highest BCUT2D eigenvalue weighted by Crippen LogP contribution is 2.26. The fourth-order valence-electron chi connectivity index (χ4n) is 1.62. The molecule has 0 bridgehead atoms. The summed E-state index contributed by atoms with van der Waals surface area (Å²) in [4.78, 5) is 22.3. The summed E-state index contributed by atoms with van der Waals surface area (Å²) in [6.45, 7) is 2.12. The van der Waals surface area contributed by atoms with Crippen LogP contribution in [0.1, 0.15) is 6.92 Å². The lowest BCUT2D eigenvalue weighted by molar-refractivity contribution is -0.125. The zero-order valence-electron chi connectivity index (χ0n) is 8.54. The Balaban J connectivity index is 2.48. The summed E-state index contributed by atoms with van der Waals surface area (Å²) in [7, 11) is -3.03. The second-order valence-corrected chi connectivity index (χ2v) is 5.91. The molecule has 0 saturated carbocycles. The van der Waals surface area contributed by atoms with E-state index in [0.29, 0.717) is 6.54 Å².